The molecule has 0 radical (unpaired) electrons. The summed E-state index contributed by atoms with van der Waals surface area (Å²) in [5, 5.41) is 23.3. The Labute approximate surface area is 188 Å². The van der Waals surface area contributed by atoms with Crippen molar-refractivity contribution in [2.24, 2.45) is 0 Å². The zero-order chi connectivity index (χ0) is 22.6. The summed E-state index contributed by atoms with van der Waals surface area (Å²) >= 11 is 2.21. The maximum absolute atomic E-state index is 10.9. The van der Waals surface area contributed by atoms with Crippen LogP contribution in [0.4, 0.5) is 0 Å². The van der Waals surface area contributed by atoms with Crippen LogP contribution >= 0.6 is 22.6 Å². The highest BCUT2D eigenvalue weighted by molar-refractivity contribution is 14.1. The Balaban J connectivity index is 2.98. The summed E-state index contributed by atoms with van der Waals surface area (Å²) in [5.41, 5.74) is 0.917. The predicted octanol–water partition coefficient (Wildman–Crippen LogP) is 3.17. The van der Waals surface area contributed by atoms with Gasteiger partial charge in [-0.05, 0) is 61.6 Å². The number of aromatic nitrogens is 2. The third-order valence-corrected chi connectivity index (χ3v) is 10.7. The van der Waals surface area contributed by atoms with Crippen LogP contribution in [0.1, 0.15) is 40.3 Å². The zero-order valence-corrected chi connectivity index (χ0v) is 22.0. The molecule has 1 aromatic heterocycles. The number of carboxylic acid groups (broad SMARTS) is 1. The molecule has 0 saturated heterocycles. The van der Waals surface area contributed by atoms with Gasteiger partial charge < -0.3 is 19.4 Å². The normalized spacial score (nSPS) is 13.9. The van der Waals surface area contributed by atoms with E-state index >= 15 is 0 Å². The van der Waals surface area contributed by atoms with E-state index in [4.69, 9.17) is 14.3 Å². The third kappa shape index (κ3) is 7.81. The molecule has 1 aromatic rings. The van der Waals surface area contributed by atoms with Gasteiger partial charge in [0.25, 0.3) is 0 Å². The maximum atomic E-state index is 10.9. The second kappa shape index (κ2) is 10.6. The van der Waals surface area contributed by atoms with Crippen molar-refractivity contribution in [1.29, 1.82) is 0 Å². The first-order valence-corrected chi connectivity index (χ1v) is 13.8. The fourth-order valence-electron chi connectivity index (χ4n) is 2.38. The van der Waals surface area contributed by atoms with Crippen LogP contribution in [-0.4, -0.2) is 71.6 Å². The molecule has 10 heteroatoms. The molecule has 0 aromatic carbocycles. The Bertz CT molecular complexity index is 688. The van der Waals surface area contributed by atoms with Crippen LogP contribution in [0.25, 0.3) is 0 Å². The molecule has 0 bridgehead atoms. The van der Waals surface area contributed by atoms with E-state index < -0.39 is 20.4 Å². The van der Waals surface area contributed by atoms with E-state index in [0.29, 0.717) is 25.6 Å². The average molecular weight is 542 g/mol. The summed E-state index contributed by atoms with van der Waals surface area (Å²) in [6.07, 6.45) is -1.43. The van der Waals surface area contributed by atoms with Crippen LogP contribution in [0.5, 0.6) is 5.88 Å². The van der Waals surface area contributed by atoms with E-state index in [1.165, 1.54) is 0 Å². The minimum absolute atomic E-state index is 0.00485. The highest BCUT2D eigenvalue weighted by Gasteiger charge is 2.37. The summed E-state index contributed by atoms with van der Waals surface area (Å²) in [6, 6.07) is 0. The fourth-order valence-corrected chi connectivity index (χ4v) is 4.10. The number of nitrogens with zero attached hydrogens (tertiary/aromatic N) is 3. The molecule has 0 aliphatic carbocycles. The quantitative estimate of drug-likeness (QED) is 0.328. The summed E-state index contributed by atoms with van der Waals surface area (Å²) < 4.78 is 14.9. The summed E-state index contributed by atoms with van der Waals surface area (Å²) in [6.45, 7) is 16.5. The van der Waals surface area contributed by atoms with E-state index in [0.717, 1.165) is 9.26 Å². The molecule has 1 unspecified atom stereocenters. The number of aliphatic hydroxyl groups excluding tert-OH is 1. The predicted molar refractivity (Wildman–Crippen MR) is 124 cm³/mol. The summed E-state index contributed by atoms with van der Waals surface area (Å²) in [4.78, 5) is 12.7. The summed E-state index contributed by atoms with van der Waals surface area (Å²) in [5.74, 6) is -0.665. The lowest BCUT2D eigenvalue weighted by molar-refractivity contribution is -0.147. The fraction of sp³-hybridized carbons (Fsp3) is 0.789. The second-order valence-corrected chi connectivity index (χ2v) is 15.0. The molecular formula is C19H36IN3O5Si. The van der Waals surface area contributed by atoms with E-state index in [1.807, 2.05) is 18.5 Å². The molecule has 1 heterocycles. The molecule has 0 amide bonds. The molecule has 29 heavy (non-hydrogen) atoms. The topological polar surface area (TPSA) is 97.0 Å². The highest BCUT2D eigenvalue weighted by atomic mass is 127. The van der Waals surface area contributed by atoms with Crippen molar-refractivity contribution >= 4 is 36.9 Å². The number of rotatable bonds is 11. The smallest absolute Gasteiger partial charge is 0.333 e. The van der Waals surface area contributed by atoms with Crippen LogP contribution in [0.15, 0.2) is 0 Å². The SMILES string of the molecule is CC(C)Oc1nn(CCO[Si](C)(C)C(C)(C)C)c(CN(C)CC(O)C(=O)O)c1I. The molecule has 0 fully saturated rings. The average Bonchev–Trinajstić information content (AvgIpc) is 2.81. The van der Waals surface area contributed by atoms with Crippen LogP contribution in [0, 0.1) is 3.57 Å². The van der Waals surface area contributed by atoms with Crippen molar-refractivity contribution < 1.29 is 24.2 Å². The molecule has 168 valence electrons. The Morgan fingerprint density at radius 3 is 2.41 bits per heavy atom. The van der Waals surface area contributed by atoms with Crippen LogP contribution < -0.4 is 4.74 Å². The molecule has 1 atom stereocenters. The highest BCUT2D eigenvalue weighted by Crippen LogP contribution is 2.36. The van der Waals surface area contributed by atoms with Crippen LogP contribution in [0.2, 0.25) is 18.1 Å². The minimum atomic E-state index is -1.86. The van der Waals surface area contributed by atoms with Gasteiger partial charge in [0, 0.05) is 13.1 Å². The maximum Gasteiger partial charge on any atom is 0.333 e. The number of aliphatic carboxylic acids is 1. The Kier molecular flexibility index (Phi) is 9.59. The van der Waals surface area contributed by atoms with Gasteiger partial charge in [0.2, 0.25) is 5.88 Å². The lowest BCUT2D eigenvalue weighted by atomic mass is 10.2. The number of hydrogen-bond donors (Lipinski definition) is 2. The Morgan fingerprint density at radius 1 is 1.34 bits per heavy atom. The molecule has 0 spiro atoms. The van der Waals surface area contributed by atoms with Crippen LogP contribution in [-0.2, 0) is 22.3 Å². The van der Waals surface area contributed by atoms with E-state index in [1.54, 1.807) is 11.9 Å². The molecule has 1 rings (SSSR count). The molecule has 8 nitrogen and oxygen atoms in total. The monoisotopic (exact) mass is 541 g/mol. The number of aliphatic hydroxyl groups is 1. The standard InChI is InChI=1S/C19H36IN3O5Si/c1-13(2)28-17-16(20)14(11-22(6)12-15(24)18(25)26)23(21-17)9-10-27-29(7,8)19(3,4)5/h13,15,24H,9-12H2,1-8H3,(H,25,26). The lowest BCUT2D eigenvalue weighted by Gasteiger charge is -2.36. The van der Waals surface area contributed by atoms with Gasteiger partial charge in [-0.15, -0.1) is 5.10 Å². The van der Waals surface area contributed by atoms with E-state index in [9.17, 15) is 9.90 Å². The van der Waals surface area contributed by atoms with Crippen molar-refractivity contribution in [3.8, 4) is 5.88 Å². The molecule has 0 aliphatic rings. The first kappa shape index (κ1) is 26.3. The third-order valence-electron chi connectivity index (χ3n) is 5.07. The van der Waals surface area contributed by atoms with Gasteiger partial charge in [-0.2, -0.15) is 0 Å². The molecule has 2 N–H and O–H groups in total. The number of hydrogen-bond acceptors (Lipinski definition) is 6. The number of likely N-dealkylation sites (N-methyl/N-ethyl adjacent to an activating group) is 1. The molecular weight excluding hydrogens is 505 g/mol. The van der Waals surface area contributed by atoms with Gasteiger partial charge in [0.05, 0.1) is 28.5 Å². The van der Waals surface area contributed by atoms with Crippen molar-refractivity contribution in [2.45, 2.75) is 78.0 Å². The van der Waals surface area contributed by atoms with Crippen molar-refractivity contribution in [1.82, 2.24) is 14.7 Å². The van der Waals surface area contributed by atoms with Gasteiger partial charge in [-0.25, -0.2) is 4.79 Å². The Morgan fingerprint density at radius 2 is 1.93 bits per heavy atom. The second-order valence-electron chi connectivity index (χ2n) is 9.12. The molecule has 0 aliphatic heterocycles. The van der Waals surface area contributed by atoms with Crippen molar-refractivity contribution in [3.63, 3.8) is 0 Å². The van der Waals surface area contributed by atoms with Crippen molar-refractivity contribution in [3.05, 3.63) is 9.26 Å². The lowest BCUT2D eigenvalue weighted by Crippen LogP contribution is -2.41. The largest absolute Gasteiger partial charge is 0.479 e. The number of carbonyl (C=O) groups is 1. The van der Waals surface area contributed by atoms with Gasteiger partial charge in [0.1, 0.15) is 0 Å². The number of ether oxygens (including phenoxy) is 1. The van der Waals surface area contributed by atoms with E-state index in [-0.39, 0.29) is 17.7 Å². The van der Waals surface area contributed by atoms with Gasteiger partial charge >= 0.3 is 5.97 Å². The zero-order valence-electron chi connectivity index (χ0n) is 18.8. The minimum Gasteiger partial charge on any atom is -0.479 e. The van der Waals surface area contributed by atoms with Crippen LogP contribution in [0.3, 0.4) is 0 Å². The first-order chi connectivity index (χ1) is 13.2. The number of halogens is 1. The van der Waals surface area contributed by atoms with Gasteiger partial charge in [-0.1, -0.05) is 20.8 Å². The Hall–Kier alpha value is -0.693. The summed E-state index contributed by atoms with van der Waals surface area (Å²) in [7, 11) is -0.0860. The van der Waals surface area contributed by atoms with Gasteiger partial charge in [0.15, 0.2) is 14.4 Å². The van der Waals surface area contributed by atoms with E-state index in [2.05, 4.69) is 61.6 Å². The number of carboxylic acids is 1. The van der Waals surface area contributed by atoms with Gasteiger partial charge in [-0.3, -0.25) is 9.58 Å². The first-order valence-electron chi connectivity index (χ1n) is 9.81. The molecule has 0 saturated carbocycles. The van der Waals surface area contributed by atoms with Crippen molar-refractivity contribution in [2.75, 3.05) is 20.2 Å².